The van der Waals surface area contributed by atoms with Crippen molar-refractivity contribution in [1.82, 2.24) is 20.4 Å². The largest absolute Gasteiger partial charge is 0.339 e. The van der Waals surface area contributed by atoms with E-state index in [1.165, 1.54) is 32.4 Å². The summed E-state index contributed by atoms with van der Waals surface area (Å²) in [5.41, 5.74) is 0. The first-order valence-corrected chi connectivity index (χ1v) is 7.99. The molecule has 0 spiro atoms. The average molecular weight is 278 g/mol. The predicted molar refractivity (Wildman–Crippen MR) is 77.7 cm³/mol. The first-order valence-electron chi connectivity index (χ1n) is 7.99. The molecule has 5 nitrogen and oxygen atoms in total. The van der Waals surface area contributed by atoms with Gasteiger partial charge in [0, 0.05) is 25.6 Å². The van der Waals surface area contributed by atoms with Crippen LogP contribution in [-0.4, -0.2) is 47.3 Å². The van der Waals surface area contributed by atoms with Gasteiger partial charge in [-0.3, -0.25) is 0 Å². The summed E-state index contributed by atoms with van der Waals surface area (Å²) in [6.07, 6.45) is 4.59. The summed E-state index contributed by atoms with van der Waals surface area (Å²) in [5, 5.41) is 7.59. The van der Waals surface area contributed by atoms with Crippen molar-refractivity contribution in [3.05, 3.63) is 11.7 Å². The lowest BCUT2D eigenvalue weighted by atomic mass is 10.00. The van der Waals surface area contributed by atoms with Crippen molar-refractivity contribution in [3.63, 3.8) is 0 Å². The van der Waals surface area contributed by atoms with Crippen LogP contribution in [0.2, 0.25) is 0 Å². The first kappa shape index (κ1) is 14.0. The Labute approximate surface area is 121 Å². The quantitative estimate of drug-likeness (QED) is 0.910. The van der Waals surface area contributed by atoms with Crippen molar-refractivity contribution < 1.29 is 4.52 Å². The molecule has 0 amide bonds. The second-order valence-electron chi connectivity index (χ2n) is 6.54. The molecule has 0 saturated carbocycles. The normalized spacial score (nSPS) is 28.4. The molecule has 0 radical (unpaired) electrons. The molecule has 20 heavy (non-hydrogen) atoms. The highest BCUT2D eigenvalue weighted by atomic mass is 16.5. The highest BCUT2D eigenvalue weighted by Crippen LogP contribution is 2.24. The van der Waals surface area contributed by atoms with E-state index in [9.17, 15) is 0 Å². The van der Waals surface area contributed by atoms with E-state index in [4.69, 9.17) is 4.52 Å². The molecule has 1 aromatic rings. The lowest BCUT2D eigenvalue weighted by Crippen LogP contribution is -2.28. The summed E-state index contributed by atoms with van der Waals surface area (Å²) in [4.78, 5) is 7.17. The van der Waals surface area contributed by atoms with Gasteiger partial charge in [-0.2, -0.15) is 4.98 Å². The number of aromatic nitrogens is 2. The minimum atomic E-state index is 0.417. The second kappa shape index (κ2) is 6.22. The molecule has 2 aliphatic rings. The molecule has 1 aromatic heterocycles. The third-order valence-electron chi connectivity index (χ3n) is 4.65. The molecule has 5 heteroatoms. The molecule has 0 bridgehead atoms. The summed E-state index contributed by atoms with van der Waals surface area (Å²) < 4.78 is 5.47. The Morgan fingerprint density at radius 2 is 2.30 bits per heavy atom. The zero-order valence-corrected chi connectivity index (χ0v) is 12.6. The minimum Gasteiger partial charge on any atom is -0.339 e. The number of nitrogens with zero attached hydrogens (tertiary/aromatic N) is 3. The Kier molecular flexibility index (Phi) is 4.36. The Bertz CT molecular complexity index is 425. The Morgan fingerprint density at radius 1 is 1.40 bits per heavy atom. The molecule has 3 heterocycles. The van der Waals surface area contributed by atoms with Crippen molar-refractivity contribution in [1.29, 1.82) is 0 Å². The van der Waals surface area contributed by atoms with Crippen LogP contribution < -0.4 is 5.32 Å². The van der Waals surface area contributed by atoms with E-state index < -0.39 is 0 Å². The maximum atomic E-state index is 5.47. The predicted octanol–water partition coefficient (Wildman–Crippen LogP) is 1.81. The highest BCUT2D eigenvalue weighted by Gasteiger charge is 2.27. The average Bonchev–Trinajstić information content (AvgIpc) is 3.10. The molecule has 3 rings (SSSR count). The van der Waals surface area contributed by atoms with E-state index >= 15 is 0 Å². The van der Waals surface area contributed by atoms with Gasteiger partial charge in [-0.25, -0.2) is 0 Å². The van der Waals surface area contributed by atoms with E-state index in [-0.39, 0.29) is 0 Å². The van der Waals surface area contributed by atoms with E-state index in [1.54, 1.807) is 0 Å². The molecular formula is C15H26N4O. The third kappa shape index (κ3) is 3.20. The Morgan fingerprint density at radius 3 is 3.00 bits per heavy atom. The van der Waals surface area contributed by atoms with Gasteiger partial charge in [-0.05, 0) is 52.1 Å². The highest BCUT2D eigenvalue weighted by molar-refractivity contribution is 4.98. The van der Waals surface area contributed by atoms with Crippen LogP contribution in [0.4, 0.5) is 0 Å². The molecule has 2 aliphatic heterocycles. The molecule has 0 aliphatic carbocycles. The van der Waals surface area contributed by atoms with Crippen molar-refractivity contribution in [2.24, 2.45) is 5.92 Å². The molecule has 112 valence electrons. The number of nitrogens with one attached hydrogen (secondary N) is 1. The van der Waals surface area contributed by atoms with Crippen molar-refractivity contribution in [3.8, 4) is 0 Å². The van der Waals surface area contributed by atoms with Gasteiger partial charge < -0.3 is 14.7 Å². The number of hydrogen-bond donors (Lipinski definition) is 1. The van der Waals surface area contributed by atoms with E-state index in [1.807, 2.05) is 0 Å². The molecule has 1 N–H and O–H groups in total. The lowest BCUT2D eigenvalue weighted by Gasteiger charge is -2.19. The van der Waals surface area contributed by atoms with Crippen LogP contribution in [0.5, 0.6) is 0 Å². The fourth-order valence-corrected chi connectivity index (χ4v) is 3.34. The van der Waals surface area contributed by atoms with Gasteiger partial charge in [0.2, 0.25) is 5.89 Å². The van der Waals surface area contributed by atoms with Crippen LogP contribution in [0.15, 0.2) is 4.52 Å². The summed E-state index contributed by atoms with van der Waals surface area (Å²) in [7, 11) is 0. The van der Waals surface area contributed by atoms with E-state index in [0.29, 0.717) is 17.9 Å². The molecular weight excluding hydrogens is 252 g/mol. The Balaban J connectivity index is 1.55. The van der Waals surface area contributed by atoms with Crippen molar-refractivity contribution in [2.45, 2.75) is 51.5 Å². The van der Waals surface area contributed by atoms with Gasteiger partial charge in [0.05, 0.1) is 5.92 Å². The van der Waals surface area contributed by atoms with Crippen LogP contribution in [0.3, 0.4) is 0 Å². The van der Waals surface area contributed by atoms with E-state index in [0.717, 1.165) is 31.2 Å². The number of rotatable bonds is 4. The summed E-state index contributed by atoms with van der Waals surface area (Å²) in [6.45, 7) is 9.01. The van der Waals surface area contributed by atoms with Crippen molar-refractivity contribution >= 4 is 0 Å². The van der Waals surface area contributed by atoms with Crippen LogP contribution >= 0.6 is 0 Å². The fourth-order valence-electron chi connectivity index (χ4n) is 3.34. The van der Waals surface area contributed by atoms with E-state index in [2.05, 4.69) is 34.2 Å². The van der Waals surface area contributed by atoms with Gasteiger partial charge >= 0.3 is 0 Å². The third-order valence-corrected chi connectivity index (χ3v) is 4.65. The molecule has 2 saturated heterocycles. The summed E-state index contributed by atoms with van der Waals surface area (Å²) >= 11 is 0. The maximum absolute atomic E-state index is 5.47. The standard InChI is InChI=1S/C15H26N4O/c1-11(2)19-7-5-12(10-19)8-14-17-15(20-18-14)13-4-3-6-16-9-13/h11-13,16H,3-10H2,1-2H3. The topological polar surface area (TPSA) is 54.2 Å². The van der Waals surface area contributed by atoms with Crippen LogP contribution in [-0.2, 0) is 6.42 Å². The van der Waals surface area contributed by atoms with Crippen LogP contribution in [0, 0.1) is 5.92 Å². The number of piperidine rings is 1. The maximum Gasteiger partial charge on any atom is 0.231 e. The van der Waals surface area contributed by atoms with Gasteiger partial charge in [-0.1, -0.05) is 5.16 Å². The fraction of sp³-hybridized carbons (Fsp3) is 0.867. The van der Waals surface area contributed by atoms with Gasteiger partial charge in [-0.15, -0.1) is 0 Å². The zero-order valence-electron chi connectivity index (χ0n) is 12.6. The smallest absolute Gasteiger partial charge is 0.231 e. The molecule has 2 unspecified atom stereocenters. The van der Waals surface area contributed by atoms with Crippen molar-refractivity contribution in [2.75, 3.05) is 26.2 Å². The zero-order chi connectivity index (χ0) is 13.9. The second-order valence-corrected chi connectivity index (χ2v) is 6.54. The minimum absolute atomic E-state index is 0.417. The van der Waals surface area contributed by atoms with Gasteiger partial charge in [0.15, 0.2) is 5.82 Å². The number of likely N-dealkylation sites (tertiary alicyclic amines) is 1. The summed E-state index contributed by atoms with van der Waals surface area (Å²) in [5.74, 6) is 2.85. The van der Waals surface area contributed by atoms with Crippen LogP contribution in [0.1, 0.15) is 50.7 Å². The van der Waals surface area contributed by atoms with Crippen LogP contribution in [0.25, 0.3) is 0 Å². The first-order chi connectivity index (χ1) is 9.72. The lowest BCUT2D eigenvalue weighted by molar-refractivity contribution is 0.264. The van der Waals surface area contributed by atoms with Gasteiger partial charge in [0.25, 0.3) is 0 Å². The molecule has 2 atom stereocenters. The number of hydrogen-bond acceptors (Lipinski definition) is 5. The SMILES string of the molecule is CC(C)N1CCC(Cc2noc(C3CCCNC3)n2)C1. The molecule has 2 fully saturated rings. The summed E-state index contributed by atoms with van der Waals surface area (Å²) in [6, 6.07) is 0.647. The Hall–Kier alpha value is -0.940. The molecule has 0 aromatic carbocycles. The van der Waals surface area contributed by atoms with Gasteiger partial charge in [0.1, 0.15) is 0 Å². The monoisotopic (exact) mass is 278 g/mol.